The molecule has 0 rings (SSSR count). The molecule has 8 nitrogen and oxygen atoms in total. The Hall–Kier alpha value is -1.19. The van der Waals surface area contributed by atoms with Crippen LogP contribution in [0.3, 0.4) is 0 Å². The van der Waals surface area contributed by atoms with Crippen molar-refractivity contribution in [1.29, 1.82) is 0 Å². The van der Waals surface area contributed by atoms with Crippen molar-refractivity contribution in [3.8, 4) is 0 Å². The lowest BCUT2D eigenvalue weighted by atomic mass is 10.1. The molecule has 94 valence electrons. The van der Waals surface area contributed by atoms with Gasteiger partial charge in [-0.3, -0.25) is 14.1 Å². The summed E-state index contributed by atoms with van der Waals surface area (Å²) in [4.78, 5) is 22.2. The summed E-state index contributed by atoms with van der Waals surface area (Å²) in [6.07, 6.45) is -0.279. The Labute approximate surface area is 92.4 Å². The number of methoxy groups -OCH3 is 2. The second-order valence-corrected chi connectivity index (χ2v) is 3.73. The van der Waals surface area contributed by atoms with E-state index in [1.807, 2.05) is 0 Å². The summed E-state index contributed by atoms with van der Waals surface area (Å²) >= 11 is 0. The number of hydrogen-bond donors (Lipinski definition) is 1. The molecule has 0 saturated carbocycles. The minimum absolute atomic E-state index is 0.279. The maximum Gasteiger partial charge on any atom is 0.397 e. The highest BCUT2D eigenvalue weighted by Crippen LogP contribution is 2.08. The van der Waals surface area contributed by atoms with Crippen molar-refractivity contribution in [2.75, 3.05) is 20.8 Å². The van der Waals surface area contributed by atoms with Gasteiger partial charge in [0.15, 0.2) is 5.92 Å². The van der Waals surface area contributed by atoms with Crippen molar-refractivity contribution >= 4 is 22.3 Å². The largest absolute Gasteiger partial charge is 0.468 e. The highest BCUT2D eigenvalue weighted by Gasteiger charge is 2.28. The molecular weight excluding hydrogens is 244 g/mol. The fourth-order valence-corrected chi connectivity index (χ4v) is 1.19. The fourth-order valence-electron chi connectivity index (χ4n) is 0.888. The molecule has 0 bridgehead atoms. The predicted molar refractivity (Wildman–Crippen MR) is 49.6 cm³/mol. The van der Waals surface area contributed by atoms with Gasteiger partial charge >= 0.3 is 22.3 Å². The summed E-state index contributed by atoms with van der Waals surface area (Å²) in [5, 5.41) is 0. The van der Waals surface area contributed by atoms with Gasteiger partial charge in [-0.25, -0.2) is 4.18 Å². The summed E-state index contributed by atoms with van der Waals surface area (Å²) in [5.41, 5.74) is 0. The predicted octanol–water partition coefficient (Wildman–Crippen LogP) is -0.842. The lowest BCUT2D eigenvalue weighted by molar-refractivity contribution is -0.159. The first kappa shape index (κ1) is 14.8. The molecule has 1 N–H and O–H groups in total. The number of esters is 2. The van der Waals surface area contributed by atoms with Crippen molar-refractivity contribution in [2.45, 2.75) is 6.42 Å². The molecule has 16 heavy (non-hydrogen) atoms. The third-order valence-corrected chi connectivity index (χ3v) is 2.07. The van der Waals surface area contributed by atoms with E-state index in [2.05, 4.69) is 13.7 Å². The quantitative estimate of drug-likeness (QED) is 0.371. The van der Waals surface area contributed by atoms with Crippen LogP contribution < -0.4 is 0 Å². The lowest BCUT2D eigenvalue weighted by Crippen LogP contribution is -2.28. The highest BCUT2D eigenvalue weighted by molar-refractivity contribution is 7.80. The molecule has 0 atom stereocenters. The maximum absolute atomic E-state index is 11.1. The average Bonchev–Trinajstić information content (AvgIpc) is 2.21. The number of carbonyl (C=O) groups excluding carboxylic acids is 2. The lowest BCUT2D eigenvalue weighted by Gasteiger charge is -2.11. The van der Waals surface area contributed by atoms with E-state index in [0.717, 1.165) is 14.2 Å². The molecule has 0 saturated heterocycles. The van der Waals surface area contributed by atoms with E-state index in [0.29, 0.717) is 0 Å². The molecule has 0 aliphatic rings. The first-order chi connectivity index (χ1) is 7.31. The number of rotatable bonds is 6. The number of carbonyl (C=O) groups is 2. The topological polar surface area (TPSA) is 116 Å². The van der Waals surface area contributed by atoms with Crippen LogP contribution >= 0.6 is 0 Å². The van der Waals surface area contributed by atoms with Crippen LogP contribution in [0, 0.1) is 5.92 Å². The van der Waals surface area contributed by atoms with Crippen LogP contribution in [0.15, 0.2) is 0 Å². The van der Waals surface area contributed by atoms with Crippen LogP contribution in [-0.2, 0) is 33.6 Å². The van der Waals surface area contributed by atoms with Gasteiger partial charge in [0.1, 0.15) is 0 Å². The Balaban J connectivity index is 4.34. The summed E-state index contributed by atoms with van der Waals surface area (Å²) in [6, 6.07) is 0. The van der Waals surface area contributed by atoms with E-state index in [1.165, 1.54) is 0 Å². The minimum Gasteiger partial charge on any atom is -0.468 e. The molecule has 0 aliphatic heterocycles. The minimum atomic E-state index is -4.59. The van der Waals surface area contributed by atoms with Crippen molar-refractivity contribution in [3.05, 3.63) is 0 Å². The first-order valence-corrected chi connectivity index (χ1v) is 5.45. The van der Waals surface area contributed by atoms with Gasteiger partial charge in [0.25, 0.3) is 0 Å². The van der Waals surface area contributed by atoms with Crippen LogP contribution in [0.4, 0.5) is 0 Å². The van der Waals surface area contributed by atoms with Gasteiger partial charge in [0.2, 0.25) is 0 Å². The van der Waals surface area contributed by atoms with E-state index in [-0.39, 0.29) is 6.42 Å². The Morgan fingerprint density at radius 3 is 1.94 bits per heavy atom. The second-order valence-electron chi connectivity index (χ2n) is 2.64. The zero-order valence-corrected chi connectivity index (χ0v) is 9.52. The molecule has 0 aromatic carbocycles. The number of ether oxygens (including phenoxy) is 2. The first-order valence-electron chi connectivity index (χ1n) is 4.09. The van der Waals surface area contributed by atoms with E-state index in [1.54, 1.807) is 0 Å². The van der Waals surface area contributed by atoms with Crippen LogP contribution in [0.2, 0.25) is 0 Å². The normalized spacial score (nSPS) is 11.2. The fraction of sp³-hybridized carbons (Fsp3) is 0.714. The Kier molecular flexibility index (Phi) is 5.93. The van der Waals surface area contributed by atoms with E-state index in [4.69, 9.17) is 4.55 Å². The zero-order valence-electron chi connectivity index (χ0n) is 8.70. The van der Waals surface area contributed by atoms with Gasteiger partial charge in [-0.15, -0.1) is 0 Å². The smallest absolute Gasteiger partial charge is 0.397 e. The average molecular weight is 256 g/mol. The molecule has 9 heteroatoms. The van der Waals surface area contributed by atoms with Crippen LogP contribution in [0.1, 0.15) is 6.42 Å². The summed E-state index contributed by atoms with van der Waals surface area (Å²) in [6.45, 7) is -0.534. The SMILES string of the molecule is COC(=O)C(CCOS(=O)(=O)O)C(=O)OC. The molecule has 0 aromatic rings. The third-order valence-electron chi connectivity index (χ3n) is 1.61. The molecule has 0 radical (unpaired) electrons. The van der Waals surface area contributed by atoms with Gasteiger partial charge in [0, 0.05) is 0 Å². The number of hydrogen-bond acceptors (Lipinski definition) is 7. The zero-order chi connectivity index (χ0) is 12.8. The molecule has 0 spiro atoms. The molecule has 0 amide bonds. The molecule has 0 aromatic heterocycles. The third kappa shape index (κ3) is 5.63. The summed E-state index contributed by atoms with van der Waals surface area (Å²) in [5.74, 6) is -3.02. The van der Waals surface area contributed by atoms with E-state index in [9.17, 15) is 18.0 Å². The summed E-state index contributed by atoms with van der Waals surface area (Å²) < 4.78 is 41.2. The molecular formula is C7H12O8S. The van der Waals surface area contributed by atoms with Gasteiger partial charge in [0.05, 0.1) is 20.8 Å². The van der Waals surface area contributed by atoms with Crippen LogP contribution in [0.5, 0.6) is 0 Å². The maximum atomic E-state index is 11.1. The standard InChI is InChI=1S/C7H12O8S/c1-13-6(8)5(7(9)14-2)3-4-15-16(10,11)12/h5H,3-4H2,1-2H3,(H,10,11,12). The molecule has 0 heterocycles. The van der Waals surface area contributed by atoms with E-state index < -0.39 is 34.9 Å². The van der Waals surface area contributed by atoms with Crippen molar-refractivity contribution in [3.63, 3.8) is 0 Å². The van der Waals surface area contributed by atoms with Gasteiger partial charge < -0.3 is 9.47 Å². The Morgan fingerprint density at radius 2 is 1.62 bits per heavy atom. The molecule has 0 aliphatic carbocycles. The Morgan fingerprint density at radius 1 is 1.19 bits per heavy atom. The van der Waals surface area contributed by atoms with Crippen LogP contribution in [-0.4, -0.2) is 45.7 Å². The van der Waals surface area contributed by atoms with Crippen molar-refractivity contribution in [1.82, 2.24) is 0 Å². The van der Waals surface area contributed by atoms with Gasteiger partial charge in [-0.05, 0) is 6.42 Å². The van der Waals surface area contributed by atoms with Crippen molar-refractivity contribution < 1.29 is 36.2 Å². The summed E-state index contributed by atoms with van der Waals surface area (Å²) in [7, 11) is -2.45. The van der Waals surface area contributed by atoms with Gasteiger partial charge in [-0.1, -0.05) is 0 Å². The second kappa shape index (κ2) is 6.40. The van der Waals surface area contributed by atoms with Crippen LogP contribution in [0.25, 0.3) is 0 Å². The highest BCUT2D eigenvalue weighted by atomic mass is 32.3. The van der Waals surface area contributed by atoms with Gasteiger partial charge in [-0.2, -0.15) is 8.42 Å². The van der Waals surface area contributed by atoms with E-state index >= 15 is 0 Å². The molecule has 0 fully saturated rings. The molecule has 0 unspecified atom stereocenters. The monoisotopic (exact) mass is 256 g/mol. The van der Waals surface area contributed by atoms with Crippen molar-refractivity contribution in [2.24, 2.45) is 5.92 Å². The Bertz CT molecular complexity index is 329.